The van der Waals surface area contributed by atoms with Crippen LogP contribution in [0.4, 0.5) is 0 Å². The molecule has 1 saturated carbocycles. The highest BCUT2D eigenvalue weighted by molar-refractivity contribution is 5.84. The van der Waals surface area contributed by atoms with Crippen molar-refractivity contribution in [2.75, 3.05) is 27.2 Å². The molecule has 0 aromatic heterocycles. The molecule has 1 aliphatic carbocycles. The van der Waals surface area contributed by atoms with Gasteiger partial charge in [-0.1, -0.05) is 18.2 Å². The van der Waals surface area contributed by atoms with Gasteiger partial charge in [0.25, 0.3) is 0 Å². The molecule has 0 atom stereocenters. The molecule has 0 heterocycles. The second kappa shape index (κ2) is 6.46. The lowest BCUT2D eigenvalue weighted by atomic mass is 10.1. The molecule has 21 heavy (non-hydrogen) atoms. The van der Waals surface area contributed by atoms with Crippen LogP contribution < -0.4 is 10.1 Å². The normalized spacial score (nSPS) is 14.8. The van der Waals surface area contributed by atoms with E-state index in [0.717, 1.165) is 31.4 Å². The van der Waals surface area contributed by atoms with E-state index in [1.807, 2.05) is 6.07 Å². The number of ether oxygens (including phenoxy) is 1. The molecule has 0 spiro atoms. The van der Waals surface area contributed by atoms with Crippen molar-refractivity contribution in [3.05, 3.63) is 42.0 Å². The Kier molecular flexibility index (Phi) is 4.42. The number of hydrogen-bond donors (Lipinski definition) is 1. The van der Waals surface area contributed by atoms with Crippen LogP contribution >= 0.6 is 0 Å². The molecule has 112 valence electrons. The summed E-state index contributed by atoms with van der Waals surface area (Å²) in [6.45, 7) is 3.11. The van der Waals surface area contributed by atoms with Crippen LogP contribution in [0, 0.1) is 0 Å². The number of rotatable bonds is 7. The lowest BCUT2D eigenvalue weighted by molar-refractivity contribution is 0.321. The maximum atomic E-state index is 5.26. The van der Waals surface area contributed by atoms with Crippen molar-refractivity contribution in [1.82, 2.24) is 10.2 Å². The third kappa shape index (κ3) is 3.74. The van der Waals surface area contributed by atoms with Crippen molar-refractivity contribution in [3.8, 4) is 5.75 Å². The van der Waals surface area contributed by atoms with E-state index in [2.05, 4.69) is 47.6 Å². The van der Waals surface area contributed by atoms with Gasteiger partial charge in [0.1, 0.15) is 5.75 Å². The van der Waals surface area contributed by atoms with Crippen molar-refractivity contribution in [2.45, 2.75) is 25.4 Å². The van der Waals surface area contributed by atoms with Gasteiger partial charge in [-0.05, 0) is 54.4 Å². The van der Waals surface area contributed by atoms with Crippen molar-refractivity contribution in [1.29, 1.82) is 0 Å². The van der Waals surface area contributed by atoms with Gasteiger partial charge in [-0.3, -0.25) is 0 Å². The fraction of sp³-hybridized carbons (Fsp3) is 0.444. The summed E-state index contributed by atoms with van der Waals surface area (Å²) in [6, 6.07) is 13.7. The van der Waals surface area contributed by atoms with Crippen LogP contribution in [0.15, 0.2) is 36.4 Å². The van der Waals surface area contributed by atoms with Crippen LogP contribution in [0.3, 0.4) is 0 Å². The van der Waals surface area contributed by atoms with E-state index < -0.39 is 0 Å². The predicted molar refractivity (Wildman–Crippen MR) is 87.9 cm³/mol. The lowest BCUT2D eigenvalue weighted by Crippen LogP contribution is -2.30. The van der Waals surface area contributed by atoms with Gasteiger partial charge in [0.15, 0.2) is 0 Å². The van der Waals surface area contributed by atoms with Crippen molar-refractivity contribution in [2.24, 2.45) is 0 Å². The minimum absolute atomic E-state index is 0.849. The number of likely N-dealkylation sites (N-methyl/N-ethyl adjacent to an activating group) is 1. The molecule has 2 aromatic rings. The van der Waals surface area contributed by atoms with Crippen molar-refractivity contribution in [3.63, 3.8) is 0 Å². The molecule has 1 aliphatic rings. The second-order valence-electron chi connectivity index (χ2n) is 5.94. The molecule has 1 fully saturated rings. The maximum Gasteiger partial charge on any atom is 0.119 e. The number of hydrogen-bond acceptors (Lipinski definition) is 3. The average molecular weight is 284 g/mol. The number of fused-ring (bicyclic) bond motifs is 1. The molecule has 0 radical (unpaired) electrons. The lowest BCUT2D eigenvalue weighted by Gasteiger charge is -2.15. The zero-order valence-corrected chi connectivity index (χ0v) is 12.9. The molecule has 0 bridgehead atoms. The van der Waals surface area contributed by atoms with E-state index in [1.165, 1.54) is 29.2 Å². The van der Waals surface area contributed by atoms with Crippen molar-refractivity contribution < 1.29 is 4.74 Å². The molecular formula is C18H24N2O. The number of methoxy groups -OCH3 is 1. The Hall–Kier alpha value is -1.58. The van der Waals surface area contributed by atoms with Crippen LogP contribution in [0.5, 0.6) is 5.75 Å². The smallest absolute Gasteiger partial charge is 0.119 e. The first-order chi connectivity index (χ1) is 10.3. The largest absolute Gasteiger partial charge is 0.497 e. The summed E-state index contributed by atoms with van der Waals surface area (Å²) in [7, 11) is 3.93. The molecule has 3 heteroatoms. The first-order valence-electron chi connectivity index (χ1n) is 7.74. The average Bonchev–Trinajstić information content (AvgIpc) is 3.35. The summed E-state index contributed by atoms with van der Waals surface area (Å²) < 4.78 is 5.26. The Labute approximate surface area is 126 Å². The Bertz CT molecular complexity index is 607. The van der Waals surface area contributed by atoms with E-state index in [4.69, 9.17) is 4.74 Å². The van der Waals surface area contributed by atoms with Gasteiger partial charge in [0.05, 0.1) is 7.11 Å². The van der Waals surface area contributed by atoms with Gasteiger partial charge < -0.3 is 15.0 Å². The summed E-state index contributed by atoms with van der Waals surface area (Å²) >= 11 is 0. The van der Waals surface area contributed by atoms with E-state index in [1.54, 1.807) is 7.11 Å². The molecule has 1 N–H and O–H groups in total. The maximum absolute atomic E-state index is 5.26. The standard InChI is InChI=1S/C18H24N2O/c1-20(17-6-7-17)10-9-19-13-14-3-4-16-12-18(21-2)8-5-15(16)11-14/h3-5,8,11-12,17,19H,6-7,9-10,13H2,1-2H3. The van der Waals surface area contributed by atoms with Gasteiger partial charge >= 0.3 is 0 Å². The third-order valence-electron chi connectivity index (χ3n) is 4.25. The monoisotopic (exact) mass is 284 g/mol. The van der Waals surface area contributed by atoms with Crippen LogP contribution in [-0.4, -0.2) is 38.2 Å². The van der Waals surface area contributed by atoms with Crippen LogP contribution in [0.1, 0.15) is 18.4 Å². The SMILES string of the molecule is COc1ccc2cc(CNCCN(C)C3CC3)ccc2c1. The molecular weight excluding hydrogens is 260 g/mol. The summed E-state index contributed by atoms with van der Waals surface area (Å²) in [5, 5.41) is 6.03. The van der Waals surface area contributed by atoms with E-state index >= 15 is 0 Å². The van der Waals surface area contributed by atoms with Gasteiger partial charge in [-0.15, -0.1) is 0 Å². The summed E-state index contributed by atoms with van der Waals surface area (Å²) in [4.78, 5) is 2.46. The van der Waals surface area contributed by atoms with Gasteiger partial charge in [0, 0.05) is 25.7 Å². The van der Waals surface area contributed by atoms with E-state index in [9.17, 15) is 0 Å². The van der Waals surface area contributed by atoms with E-state index in [0.29, 0.717) is 0 Å². The fourth-order valence-corrected chi connectivity index (χ4v) is 2.70. The third-order valence-corrected chi connectivity index (χ3v) is 4.25. The molecule has 3 rings (SSSR count). The van der Waals surface area contributed by atoms with Crippen LogP contribution in [0.25, 0.3) is 10.8 Å². The molecule has 0 saturated heterocycles. The number of nitrogens with zero attached hydrogens (tertiary/aromatic N) is 1. The highest BCUT2D eigenvalue weighted by Crippen LogP contribution is 2.24. The number of nitrogens with one attached hydrogen (secondary N) is 1. The summed E-state index contributed by atoms with van der Waals surface area (Å²) in [6.07, 6.45) is 2.76. The molecule has 0 aliphatic heterocycles. The first kappa shape index (κ1) is 14.4. The van der Waals surface area contributed by atoms with Gasteiger partial charge in [0.2, 0.25) is 0 Å². The van der Waals surface area contributed by atoms with Gasteiger partial charge in [-0.25, -0.2) is 0 Å². The van der Waals surface area contributed by atoms with Gasteiger partial charge in [-0.2, -0.15) is 0 Å². The zero-order valence-electron chi connectivity index (χ0n) is 12.9. The number of benzene rings is 2. The Morgan fingerprint density at radius 1 is 1.14 bits per heavy atom. The second-order valence-corrected chi connectivity index (χ2v) is 5.94. The predicted octanol–water partition coefficient (Wildman–Crippen LogP) is 3.03. The molecule has 0 unspecified atom stereocenters. The molecule has 2 aromatic carbocycles. The van der Waals surface area contributed by atoms with Crippen LogP contribution in [0.2, 0.25) is 0 Å². The summed E-state index contributed by atoms with van der Waals surface area (Å²) in [5.41, 5.74) is 1.33. The minimum atomic E-state index is 0.849. The van der Waals surface area contributed by atoms with Crippen molar-refractivity contribution >= 4 is 10.8 Å². The fourth-order valence-electron chi connectivity index (χ4n) is 2.70. The zero-order chi connectivity index (χ0) is 14.7. The Morgan fingerprint density at radius 2 is 1.90 bits per heavy atom. The first-order valence-corrected chi connectivity index (χ1v) is 7.74. The highest BCUT2D eigenvalue weighted by atomic mass is 16.5. The Balaban J connectivity index is 1.54. The Morgan fingerprint density at radius 3 is 2.67 bits per heavy atom. The topological polar surface area (TPSA) is 24.5 Å². The van der Waals surface area contributed by atoms with E-state index in [-0.39, 0.29) is 0 Å². The minimum Gasteiger partial charge on any atom is -0.497 e. The van der Waals surface area contributed by atoms with Crippen LogP contribution in [-0.2, 0) is 6.54 Å². The molecule has 0 amide bonds. The molecule has 3 nitrogen and oxygen atoms in total. The quantitative estimate of drug-likeness (QED) is 0.791. The highest BCUT2D eigenvalue weighted by Gasteiger charge is 2.25. The summed E-state index contributed by atoms with van der Waals surface area (Å²) in [5.74, 6) is 0.913.